The SMILES string of the molecule is CCCc1ccc(N2CC(C(=O)NCC3CCCNC3)CC2=O)cc1. The van der Waals surface area contributed by atoms with Gasteiger partial charge in [0.15, 0.2) is 0 Å². The Balaban J connectivity index is 1.53. The van der Waals surface area contributed by atoms with Gasteiger partial charge in [-0.15, -0.1) is 0 Å². The van der Waals surface area contributed by atoms with Crippen molar-refractivity contribution in [3.05, 3.63) is 29.8 Å². The van der Waals surface area contributed by atoms with Crippen LogP contribution in [0.25, 0.3) is 0 Å². The van der Waals surface area contributed by atoms with E-state index in [0.29, 0.717) is 25.4 Å². The minimum Gasteiger partial charge on any atom is -0.355 e. The topological polar surface area (TPSA) is 61.4 Å². The third-order valence-corrected chi connectivity index (χ3v) is 5.25. The molecule has 2 N–H and O–H groups in total. The molecule has 0 bridgehead atoms. The number of aryl methyl sites for hydroxylation is 1. The van der Waals surface area contributed by atoms with E-state index in [9.17, 15) is 9.59 Å². The summed E-state index contributed by atoms with van der Waals surface area (Å²) in [5.41, 5.74) is 2.19. The number of nitrogens with zero attached hydrogens (tertiary/aromatic N) is 1. The number of carbonyl (C=O) groups is 2. The van der Waals surface area contributed by atoms with Gasteiger partial charge in [-0.3, -0.25) is 9.59 Å². The van der Waals surface area contributed by atoms with Gasteiger partial charge in [-0.25, -0.2) is 0 Å². The maximum atomic E-state index is 12.4. The van der Waals surface area contributed by atoms with Gasteiger partial charge in [0, 0.05) is 25.2 Å². The van der Waals surface area contributed by atoms with Crippen LogP contribution in [0.3, 0.4) is 0 Å². The highest BCUT2D eigenvalue weighted by atomic mass is 16.2. The first-order valence-electron chi connectivity index (χ1n) is 9.55. The molecule has 0 saturated carbocycles. The first-order chi connectivity index (χ1) is 12.2. The highest BCUT2D eigenvalue weighted by Crippen LogP contribution is 2.26. The minimum absolute atomic E-state index is 0.0176. The van der Waals surface area contributed by atoms with Gasteiger partial charge in [-0.05, 0) is 56.0 Å². The van der Waals surface area contributed by atoms with Crippen LogP contribution in [0.1, 0.15) is 38.2 Å². The van der Waals surface area contributed by atoms with Gasteiger partial charge < -0.3 is 15.5 Å². The standard InChI is InChI=1S/C20H29N3O2/c1-2-4-15-6-8-18(9-7-15)23-14-17(11-19(23)24)20(25)22-13-16-5-3-10-21-12-16/h6-9,16-17,21H,2-5,10-14H2,1H3,(H,22,25). The fraction of sp³-hybridized carbons (Fsp3) is 0.600. The summed E-state index contributed by atoms with van der Waals surface area (Å²) in [6.45, 7) is 5.40. The molecule has 2 aliphatic rings. The molecule has 5 nitrogen and oxygen atoms in total. The van der Waals surface area contributed by atoms with Crippen molar-refractivity contribution in [3.8, 4) is 0 Å². The third-order valence-electron chi connectivity index (χ3n) is 5.25. The molecule has 2 fully saturated rings. The van der Waals surface area contributed by atoms with Crippen molar-refractivity contribution in [2.45, 2.75) is 39.0 Å². The third kappa shape index (κ3) is 4.60. The Bertz CT molecular complexity index is 593. The smallest absolute Gasteiger partial charge is 0.227 e. The molecule has 2 atom stereocenters. The Morgan fingerprint density at radius 1 is 1.32 bits per heavy atom. The summed E-state index contributed by atoms with van der Waals surface area (Å²) in [6.07, 6.45) is 4.80. The number of carbonyl (C=O) groups excluding carboxylic acids is 2. The van der Waals surface area contributed by atoms with E-state index < -0.39 is 0 Å². The lowest BCUT2D eigenvalue weighted by atomic mass is 9.99. The second-order valence-corrected chi connectivity index (χ2v) is 7.28. The van der Waals surface area contributed by atoms with Gasteiger partial charge in [-0.2, -0.15) is 0 Å². The predicted molar refractivity (Wildman–Crippen MR) is 99.5 cm³/mol. The molecule has 25 heavy (non-hydrogen) atoms. The molecule has 2 unspecified atom stereocenters. The van der Waals surface area contributed by atoms with Crippen molar-refractivity contribution in [1.82, 2.24) is 10.6 Å². The van der Waals surface area contributed by atoms with E-state index in [1.807, 2.05) is 12.1 Å². The van der Waals surface area contributed by atoms with Crippen LogP contribution in [0.15, 0.2) is 24.3 Å². The number of amides is 2. The quantitative estimate of drug-likeness (QED) is 0.832. The molecule has 2 saturated heterocycles. The molecule has 1 aromatic rings. The summed E-state index contributed by atoms with van der Waals surface area (Å²) in [5.74, 6) is 0.336. The molecule has 3 rings (SSSR count). The summed E-state index contributed by atoms with van der Waals surface area (Å²) >= 11 is 0. The molecule has 0 spiro atoms. The number of nitrogens with one attached hydrogen (secondary N) is 2. The number of rotatable bonds is 6. The van der Waals surface area contributed by atoms with Gasteiger partial charge in [0.05, 0.1) is 5.92 Å². The lowest BCUT2D eigenvalue weighted by Crippen LogP contribution is -2.40. The Morgan fingerprint density at radius 2 is 2.12 bits per heavy atom. The van der Waals surface area contributed by atoms with Crippen LogP contribution < -0.4 is 15.5 Å². The highest BCUT2D eigenvalue weighted by Gasteiger charge is 2.35. The summed E-state index contributed by atoms with van der Waals surface area (Å²) in [7, 11) is 0. The maximum absolute atomic E-state index is 12.4. The van der Waals surface area contributed by atoms with Crippen molar-refractivity contribution in [2.75, 3.05) is 31.1 Å². The number of hydrogen-bond acceptors (Lipinski definition) is 3. The zero-order valence-electron chi connectivity index (χ0n) is 15.1. The van der Waals surface area contributed by atoms with E-state index in [2.05, 4.69) is 29.7 Å². The molecule has 136 valence electrons. The lowest BCUT2D eigenvalue weighted by Gasteiger charge is -2.23. The largest absolute Gasteiger partial charge is 0.355 e. The normalized spacial score (nSPS) is 23.7. The fourth-order valence-electron chi connectivity index (χ4n) is 3.75. The van der Waals surface area contributed by atoms with Crippen molar-refractivity contribution in [2.24, 2.45) is 11.8 Å². The molecule has 2 amide bonds. The number of benzene rings is 1. The lowest BCUT2D eigenvalue weighted by molar-refractivity contribution is -0.126. The Morgan fingerprint density at radius 3 is 2.80 bits per heavy atom. The fourth-order valence-corrected chi connectivity index (χ4v) is 3.75. The molecular weight excluding hydrogens is 314 g/mol. The monoisotopic (exact) mass is 343 g/mol. The second kappa shape index (κ2) is 8.48. The summed E-state index contributed by atoms with van der Waals surface area (Å²) in [4.78, 5) is 26.5. The van der Waals surface area contributed by atoms with E-state index in [1.165, 1.54) is 12.0 Å². The zero-order valence-corrected chi connectivity index (χ0v) is 15.1. The van der Waals surface area contributed by atoms with Gasteiger partial charge in [0.1, 0.15) is 0 Å². The van der Waals surface area contributed by atoms with Gasteiger partial charge in [0.2, 0.25) is 11.8 Å². The Kier molecular flexibility index (Phi) is 6.08. The van der Waals surface area contributed by atoms with Crippen LogP contribution in [-0.4, -0.2) is 38.0 Å². The first kappa shape index (κ1) is 17.9. The summed E-state index contributed by atoms with van der Waals surface area (Å²) in [6, 6.07) is 8.15. The zero-order chi connectivity index (χ0) is 17.6. The van der Waals surface area contributed by atoms with Crippen LogP contribution in [0.4, 0.5) is 5.69 Å². The molecule has 2 aliphatic heterocycles. The molecule has 0 aromatic heterocycles. The Hall–Kier alpha value is -1.88. The molecule has 5 heteroatoms. The molecule has 1 aromatic carbocycles. The number of piperidine rings is 1. The van der Waals surface area contributed by atoms with Crippen LogP contribution in [0, 0.1) is 11.8 Å². The average molecular weight is 343 g/mol. The van der Waals surface area contributed by atoms with Crippen molar-refractivity contribution in [3.63, 3.8) is 0 Å². The van der Waals surface area contributed by atoms with Crippen LogP contribution in [-0.2, 0) is 16.0 Å². The van der Waals surface area contributed by atoms with Crippen LogP contribution in [0.5, 0.6) is 0 Å². The van der Waals surface area contributed by atoms with Gasteiger partial charge >= 0.3 is 0 Å². The van der Waals surface area contributed by atoms with Crippen molar-refractivity contribution >= 4 is 17.5 Å². The highest BCUT2D eigenvalue weighted by molar-refractivity contribution is 6.00. The minimum atomic E-state index is -0.237. The van der Waals surface area contributed by atoms with Crippen molar-refractivity contribution in [1.29, 1.82) is 0 Å². The predicted octanol–water partition coefficient (Wildman–Crippen LogP) is 2.11. The van der Waals surface area contributed by atoms with E-state index in [1.54, 1.807) is 4.90 Å². The summed E-state index contributed by atoms with van der Waals surface area (Å²) < 4.78 is 0. The molecule has 0 radical (unpaired) electrons. The first-order valence-corrected chi connectivity index (χ1v) is 9.55. The van der Waals surface area contributed by atoms with E-state index in [0.717, 1.165) is 38.0 Å². The van der Waals surface area contributed by atoms with E-state index >= 15 is 0 Å². The van der Waals surface area contributed by atoms with E-state index in [-0.39, 0.29) is 17.7 Å². The molecule has 0 aliphatic carbocycles. The maximum Gasteiger partial charge on any atom is 0.227 e. The van der Waals surface area contributed by atoms with Crippen LogP contribution in [0.2, 0.25) is 0 Å². The van der Waals surface area contributed by atoms with Gasteiger partial charge in [0.25, 0.3) is 0 Å². The number of hydrogen-bond donors (Lipinski definition) is 2. The molecular formula is C20H29N3O2. The summed E-state index contributed by atoms with van der Waals surface area (Å²) in [5, 5.41) is 6.42. The second-order valence-electron chi connectivity index (χ2n) is 7.28. The van der Waals surface area contributed by atoms with Crippen LogP contribution >= 0.6 is 0 Å². The van der Waals surface area contributed by atoms with E-state index in [4.69, 9.17) is 0 Å². The van der Waals surface area contributed by atoms with Crippen molar-refractivity contribution < 1.29 is 9.59 Å². The Labute approximate surface area is 150 Å². The van der Waals surface area contributed by atoms with Gasteiger partial charge in [-0.1, -0.05) is 25.5 Å². The molecule has 2 heterocycles. The number of anilines is 1. The average Bonchev–Trinajstić information content (AvgIpc) is 3.03.